The van der Waals surface area contributed by atoms with Gasteiger partial charge in [0.05, 0.1) is 6.26 Å². The summed E-state index contributed by atoms with van der Waals surface area (Å²) in [7, 11) is 0. The van der Waals surface area contributed by atoms with Gasteiger partial charge < -0.3 is 4.42 Å². The molecular weight excluding hydrogens is 213 g/mol. The van der Waals surface area contributed by atoms with Gasteiger partial charge in [0, 0.05) is 5.56 Å². The molecule has 2 heterocycles. The van der Waals surface area contributed by atoms with Gasteiger partial charge in [0.25, 0.3) is 0 Å². The summed E-state index contributed by atoms with van der Waals surface area (Å²) in [5.41, 5.74) is 0.104. The second kappa shape index (κ2) is 3.16. The van der Waals surface area contributed by atoms with Crippen molar-refractivity contribution in [2.45, 2.75) is 6.18 Å². The molecule has 0 spiro atoms. The molecule has 14 heavy (non-hydrogen) atoms. The van der Waals surface area contributed by atoms with Gasteiger partial charge in [0.15, 0.2) is 0 Å². The maximum Gasteiger partial charge on any atom is 0.426 e. The first kappa shape index (κ1) is 9.33. The Bertz CT molecular complexity index is 413. The number of hydrogen-bond donors (Lipinski definition) is 0. The van der Waals surface area contributed by atoms with Crippen LogP contribution in [0.5, 0.6) is 0 Å². The van der Waals surface area contributed by atoms with Crippen LogP contribution in [0.1, 0.15) is 4.88 Å². The van der Waals surface area contributed by atoms with E-state index in [1.54, 1.807) is 6.07 Å². The van der Waals surface area contributed by atoms with Crippen LogP contribution in [0, 0.1) is 0 Å². The van der Waals surface area contributed by atoms with E-state index in [0.717, 1.165) is 0 Å². The Morgan fingerprint density at radius 1 is 1.21 bits per heavy atom. The number of hydrogen-bond acceptors (Lipinski definition) is 2. The Hall–Kier alpha value is -1.23. The lowest BCUT2D eigenvalue weighted by molar-refractivity contribution is -0.133. The Morgan fingerprint density at radius 2 is 2.00 bits per heavy atom. The third-order valence-electron chi connectivity index (χ3n) is 1.71. The minimum atomic E-state index is -4.31. The molecule has 0 saturated heterocycles. The molecule has 0 N–H and O–H groups in total. The maximum absolute atomic E-state index is 12.4. The highest BCUT2D eigenvalue weighted by molar-refractivity contribution is 7.10. The van der Waals surface area contributed by atoms with E-state index in [2.05, 4.69) is 0 Å². The quantitative estimate of drug-likeness (QED) is 0.704. The van der Waals surface area contributed by atoms with Crippen molar-refractivity contribution in [3.8, 4) is 11.3 Å². The summed E-state index contributed by atoms with van der Waals surface area (Å²) in [6.45, 7) is 0. The highest BCUT2D eigenvalue weighted by Gasteiger charge is 2.35. The first-order chi connectivity index (χ1) is 6.59. The number of halogens is 3. The molecular formula is C9H5F3OS. The Labute approximate surface area is 81.8 Å². The van der Waals surface area contributed by atoms with E-state index in [4.69, 9.17) is 4.42 Å². The lowest BCUT2D eigenvalue weighted by atomic mass is 10.2. The molecule has 0 saturated carbocycles. The molecule has 74 valence electrons. The molecule has 1 nitrogen and oxygen atoms in total. The van der Waals surface area contributed by atoms with E-state index in [0.29, 0.717) is 11.3 Å². The molecule has 0 bridgehead atoms. The van der Waals surface area contributed by atoms with Gasteiger partial charge in [-0.3, -0.25) is 0 Å². The van der Waals surface area contributed by atoms with Gasteiger partial charge in [-0.05, 0) is 23.6 Å². The van der Waals surface area contributed by atoms with Crippen molar-refractivity contribution in [3.05, 3.63) is 34.7 Å². The predicted octanol–water partition coefficient (Wildman–Crippen LogP) is 4.03. The monoisotopic (exact) mass is 218 g/mol. The molecule has 0 fully saturated rings. The minimum Gasteiger partial charge on any atom is -0.464 e. The van der Waals surface area contributed by atoms with Crippen LogP contribution in [-0.2, 0) is 6.18 Å². The average Bonchev–Trinajstić information content (AvgIpc) is 2.73. The first-order valence-electron chi connectivity index (χ1n) is 3.77. The van der Waals surface area contributed by atoms with Crippen molar-refractivity contribution in [2.75, 3.05) is 0 Å². The van der Waals surface area contributed by atoms with Crippen LogP contribution >= 0.6 is 11.3 Å². The van der Waals surface area contributed by atoms with Crippen LogP contribution in [0.15, 0.2) is 34.3 Å². The summed E-state index contributed by atoms with van der Waals surface area (Å²) in [4.78, 5) is -0.618. The summed E-state index contributed by atoms with van der Waals surface area (Å²) in [6, 6.07) is 4.48. The molecule has 0 atom stereocenters. The van der Waals surface area contributed by atoms with Gasteiger partial charge in [0.2, 0.25) is 0 Å². The van der Waals surface area contributed by atoms with Gasteiger partial charge in [-0.15, -0.1) is 11.3 Å². The fourth-order valence-corrected chi connectivity index (χ4v) is 1.92. The lowest BCUT2D eigenvalue weighted by Gasteiger charge is -2.04. The van der Waals surface area contributed by atoms with E-state index in [1.807, 2.05) is 0 Å². The number of furan rings is 1. The topological polar surface area (TPSA) is 13.1 Å². The zero-order valence-electron chi connectivity index (χ0n) is 6.84. The molecule has 2 rings (SSSR count). The van der Waals surface area contributed by atoms with Gasteiger partial charge in [0.1, 0.15) is 10.6 Å². The lowest BCUT2D eigenvalue weighted by Crippen LogP contribution is -2.02. The smallest absolute Gasteiger partial charge is 0.426 e. The zero-order chi connectivity index (χ0) is 10.2. The zero-order valence-corrected chi connectivity index (χ0v) is 7.65. The van der Waals surface area contributed by atoms with Crippen LogP contribution in [0.2, 0.25) is 0 Å². The van der Waals surface area contributed by atoms with Gasteiger partial charge in [-0.2, -0.15) is 13.2 Å². The Morgan fingerprint density at radius 3 is 2.57 bits per heavy atom. The SMILES string of the molecule is FC(F)(F)c1sccc1-c1ccco1. The first-order valence-corrected chi connectivity index (χ1v) is 4.65. The third kappa shape index (κ3) is 1.55. The summed E-state index contributed by atoms with van der Waals surface area (Å²) >= 11 is 0.670. The molecule has 0 aromatic carbocycles. The molecule has 0 amide bonds. The summed E-state index contributed by atoms with van der Waals surface area (Å²) in [5, 5.41) is 1.40. The van der Waals surface area contributed by atoms with E-state index < -0.39 is 11.1 Å². The standard InChI is InChI=1S/C9H5F3OS/c10-9(11,12)8-6(3-5-14-8)7-2-1-4-13-7/h1-5H. The number of thiophene rings is 1. The highest BCUT2D eigenvalue weighted by atomic mass is 32.1. The summed E-state index contributed by atoms with van der Waals surface area (Å²) < 4.78 is 42.2. The molecule has 0 aliphatic carbocycles. The Kier molecular flexibility index (Phi) is 2.11. The van der Waals surface area contributed by atoms with E-state index >= 15 is 0 Å². The van der Waals surface area contributed by atoms with E-state index in [9.17, 15) is 13.2 Å². The molecule has 0 unspecified atom stereocenters. The number of alkyl halides is 3. The summed E-state index contributed by atoms with van der Waals surface area (Å²) in [5.74, 6) is 0.249. The van der Waals surface area contributed by atoms with Crippen LogP contribution in [0.3, 0.4) is 0 Å². The predicted molar refractivity (Wildman–Crippen MR) is 47.0 cm³/mol. The second-order valence-electron chi connectivity index (χ2n) is 2.64. The van der Waals surface area contributed by atoms with E-state index in [1.165, 1.54) is 23.8 Å². The third-order valence-corrected chi connectivity index (χ3v) is 2.67. The van der Waals surface area contributed by atoms with E-state index in [-0.39, 0.29) is 11.3 Å². The van der Waals surface area contributed by atoms with Crippen molar-refractivity contribution >= 4 is 11.3 Å². The van der Waals surface area contributed by atoms with Crippen molar-refractivity contribution in [3.63, 3.8) is 0 Å². The summed E-state index contributed by atoms with van der Waals surface area (Å²) in [6.07, 6.45) is -2.95. The maximum atomic E-state index is 12.4. The van der Waals surface area contributed by atoms with Crippen molar-refractivity contribution in [1.82, 2.24) is 0 Å². The fourth-order valence-electron chi connectivity index (χ4n) is 1.15. The highest BCUT2D eigenvalue weighted by Crippen LogP contribution is 2.40. The Balaban J connectivity index is 2.51. The minimum absolute atomic E-state index is 0.104. The average molecular weight is 218 g/mol. The van der Waals surface area contributed by atoms with Gasteiger partial charge >= 0.3 is 6.18 Å². The van der Waals surface area contributed by atoms with Crippen LogP contribution in [0.25, 0.3) is 11.3 Å². The molecule has 0 radical (unpaired) electrons. The molecule has 0 aliphatic rings. The fraction of sp³-hybridized carbons (Fsp3) is 0.111. The molecule has 2 aromatic heterocycles. The van der Waals surface area contributed by atoms with Gasteiger partial charge in [-0.25, -0.2) is 0 Å². The van der Waals surface area contributed by atoms with Crippen LogP contribution in [-0.4, -0.2) is 0 Å². The normalized spacial score (nSPS) is 11.9. The van der Waals surface area contributed by atoms with Crippen molar-refractivity contribution in [2.24, 2.45) is 0 Å². The molecule has 2 aromatic rings. The second-order valence-corrected chi connectivity index (χ2v) is 3.55. The molecule has 0 aliphatic heterocycles. The van der Waals surface area contributed by atoms with Gasteiger partial charge in [-0.1, -0.05) is 0 Å². The van der Waals surface area contributed by atoms with Crippen LogP contribution < -0.4 is 0 Å². The van der Waals surface area contributed by atoms with Crippen LogP contribution in [0.4, 0.5) is 13.2 Å². The largest absolute Gasteiger partial charge is 0.464 e. The number of rotatable bonds is 1. The van der Waals surface area contributed by atoms with Crippen molar-refractivity contribution < 1.29 is 17.6 Å². The molecule has 5 heteroatoms. The van der Waals surface area contributed by atoms with Crippen molar-refractivity contribution in [1.29, 1.82) is 0 Å².